The molecule has 0 aromatic heterocycles. The average Bonchev–Trinajstić information content (AvgIpc) is 2.53. The maximum atomic E-state index is 2.39. The summed E-state index contributed by atoms with van der Waals surface area (Å²) in [5.41, 5.74) is 0. The molecule has 4 rings (SSSR count). The first-order chi connectivity index (χ1) is 9.93. The number of benzene rings is 2. The van der Waals surface area contributed by atoms with E-state index in [1.807, 2.05) is 11.8 Å². The van der Waals surface area contributed by atoms with Crippen LogP contribution < -0.4 is 0 Å². The molecule has 1 heterocycles. The van der Waals surface area contributed by atoms with Gasteiger partial charge < -0.3 is 0 Å². The van der Waals surface area contributed by atoms with Crippen LogP contribution in [0.3, 0.4) is 0 Å². The van der Waals surface area contributed by atoms with Gasteiger partial charge in [-0.2, -0.15) is 0 Å². The SMILES string of the molecule is C1=CC2Sc3ccccc3[S+](c3ccccc3)C2C=C1. The highest BCUT2D eigenvalue weighted by molar-refractivity contribution is 8.05. The van der Waals surface area contributed by atoms with Crippen LogP contribution in [-0.4, -0.2) is 10.5 Å². The molecule has 2 aliphatic rings. The summed E-state index contributed by atoms with van der Waals surface area (Å²) in [6.45, 7) is 0. The van der Waals surface area contributed by atoms with Gasteiger partial charge in [0.05, 0.1) is 21.0 Å². The number of hydrogen-bond donors (Lipinski definition) is 0. The molecule has 3 unspecified atom stereocenters. The highest BCUT2D eigenvalue weighted by Gasteiger charge is 2.45. The van der Waals surface area contributed by atoms with Crippen molar-refractivity contribution in [3.63, 3.8) is 0 Å². The predicted octanol–water partition coefficient (Wildman–Crippen LogP) is 4.69. The van der Waals surface area contributed by atoms with E-state index < -0.39 is 0 Å². The summed E-state index contributed by atoms with van der Waals surface area (Å²) in [6, 6.07) is 19.9. The molecule has 2 aromatic carbocycles. The lowest BCUT2D eigenvalue weighted by molar-refractivity contribution is 1.01. The van der Waals surface area contributed by atoms with Gasteiger partial charge in [-0.25, -0.2) is 0 Å². The van der Waals surface area contributed by atoms with Crippen LogP contribution in [0.2, 0.25) is 0 Å². The van der Waals surface area contributed by atoms with Crippen molar-refractivity contribution in [3.8, 4) is 0 Å². The maximum absolute atomic E-state index is 2.39. The normalized spacial score (nSPS) is 26.9. The van der Waals surface area contributed by atoms with Crippen LogP contribution in [-0.2, 0) is 10.9 Å². The Hall–Kier alpha value is -1.38. The summed E-state index contributed by atoms with van der Waals surface area (Å²) in [4.78, 5) is 4.40. The Morgan fingerprint density at radius 3 is 2.45 bits per heavy atom. The molecule has 0 nitrogen and oxygen atoms in total. The zero-order valence-corrected chi connectivity index (χ0v) is 12.6. The molecule has 0 bridgehead atoms. The molecule has 2 heteroatoms. The van der Waals surface area contributed by atoms with Crippen molar-refractivity contribution in [3.05, 3.63) is 78.9 Å². The van der Waals surface area contributed by atoms with E-state index in [-0.39, 0.29) is 10.9 Å². The van der Waals surface area contributed by atoms with Crippen molar-refractivity contribution < 1.29 is 0 Å². The molecule has 0 radical (unpaired) electrons. The van der Waals surface area contributed by atoms with Crippen LogP contribution in [0.1, 0.15) is 0 Å². The number of allylic oxidation sites excluding steroid dienone is 2. The van der Waals surface area contributed by atoms with E-state index in [0.29, 0.717) is 10.5 Å². The van der Waals surface area contributed by atoms with Crippen molar-refractivity contribution in [2.75, 3.05) is 0 Å². The van der Waals surface area contributed by atoms with Crippen molar-refractivity contribution in [1.29, 1.82) is 0 Å². The van der Waals surface area contributed by atoms with E-state index in [1.54, 1.807) is 0 Å². The molecule has 2 aromatic rings. The average molecular weight is 295 g/mol. The molecule has 20 heavy (non-hydrogen) atoms. The highest BCUT2D eigenvalue weighted by atomic mass is 32.2. The zero-order chi connectivity index (χ0) is 13.4. The van der Waals surface area contributed by atoms with Crippen molar-refractivity contribution >= 4 is 22.7 Å². The monoisotopic (exact) mass is 295 g/mol. The van der Waals surface area contributed by atoms with Crippen LogP contribution >= 0.6 is 11.8 Å². The van der Waals surface area contributed by atoms with Gasteiger partial charge in [-0.3, -0.25) is 0 Å². The summed E-state index contributed by atoms with van der Waals surface area (Å²) in [5, 5.41) is 1.15. The lowest BCUT2D eigenvalue weighted by Gasteiger charge is -2.29. The Kier molecular flexibility index (Phi) is 3.21. The molecule has 0 amide bonds. The largest absolute Gasteiger partial charge is 0.174 e. The summed E-state index contributed by atoms with van der Waals surface area (Å²) < 4.78 is 0. The Morgan fingerprint density at radius 1 is 0.800 bits per heavy atom. The van der Waals surface area contributed by atoms with Crippen LogP contribution in [0.4, 0.5) is 0 Å². The number of hydrogen-bond acceptors (Lipinski definition) is 1. The first kappa shape index (κ1) is 12.4. The fourth-order valence-electron chi connectivity index (χ4n) is 2.76. The van der Waals surface area contributed by atoms with Crippen LogP contribution in [0.15, 0.2) is 93.6 Å². The smallest absolute Gasteiger partial charge is 0.108 e. The van der Waals surface area contributed by atoms with E-state index in [0.717, 1.165) is 0 Å². The first-order valence-electron chi connectivity index (χ1n) is 6.82. The molecule has 1 aliphatic heterocycles. The second-order valence-corrected chi connectivity index (χ2v) is 8.27. The molecular formula is C18H15S2+. The molecule has 0 fully saturated rings. The second kappa shape index (κ2) is 5.19. The Labute approximate surface area is 127 Å². The number of fused-ring (bicyclic) bond motifs is 2. The Bertz CT molecular complexity index is 673. The minimum Gasteiger partial charge on any atom is -0.108 e. The van der Waals surface area contributed by atoms with Gasteiger partial charge >= 0.3 is 0 Å². The molecule has 0 saturated heterocycles. The van der Waals surface area contributed by atoms with Crippen molar-refractivity contribution in [2.45, 2.75) is 25.2 Å². The number of rotatable bonds is 1. The number of thioether (sulfide) groups is 1. The van der Waals surface area contributed by atoms with Gasteiger partial charge in [0.15, 0.2) is 15.0 Å². The first-order valence-corrected chi connectivity index (χ1v) is 8.99. The minimum absolute atomic E-state index is 0.142. The zero-order valence-electron chi connectivity index (χ0n) is 11.0. The predicted molar refractivity (Wildman–Crippen MR) is 88.5 cm³/mol. The summed E-state index contributed by atoms with van der Waals surface area (Å²) in [6.07, 6.45) is 9.14. The van der Waals surface area contributed by atoms with Gasteiger partial charge in [-0.05, 0) is 30.3 Å². The molecule has 3 atom stereocenters. The van der Waals surface area contributed by atoms with E-state index in [4.69, 9.17) is 0 Å². The van der Waals surface area contributed by atoms with E-state index in [9.17, 15) is 0 Å². The van der Waals surface area contributed by atoms with Gasteiger partial charge in [0.2, 0.25) is 0 Å². The highest BCUT2D eigenvalue weighted by Crippen LogP contribution is 2.46. The molecule has 0 spiro atoms. The molecular weight excluding hydrogens is 280 g/mol. The lowest BCUT2D eigenvalue weighted by atomic mass is 10.2. The van der Waals surface area contributed by atoms with E-state index in [2.05, 4.69) is 78.9 Å². The van der Waals surface area contributed by atoms with E-state index >= 15 is 0 Å². The molecule has 0 N–H and O–H groups in total. The van der Waals surface area contributed by atoms with Gasteiger partial charge in [0.25, 0.3) is 0 Å². The maximum Gasteiger partial charge on any atom is 0.174 e. The molecule has 1 aliphatic carbocycles. The van der Waals surface area contributed by atoms with Crippen LogP contribution in [0.25, 0.3) is 0 Å². The van der Waals surface area contributed by atoms with E-state index in [1.165, 1.54) is 14.7 Å². The third kappa shape index (κ3) is 2.04. The summed E-state index contributed by atoms with van der Waals surface area (Å²) >= 11 is 2.01. The van der Waals surface area contributed by atoms with Gasteiger partial charge in [0, 0.05) is 0 Å². The van der Waals surface area contributed by atoms with Gasteiger partial charge in [-0.1, -0.05) is 48.6 Å². The van der Waals surface area contributed by atoms with Crippen molar-refractivity contribution in [2.24, 2.45) is 0 Å². The second-order valence-electron chi connectivity index (χ2n) is 4.91. The van der Waals surface area contributed by atoms with Gasteiger partial charge in [-0.15, -0.1) is 11.8 Å². The minimum atomic E-state index is 0.142. The third-order valence-corrected chi connectivity index (χ3v) is 7.89. The summed E-state index contributed by atoms with van der Waals surface area (Å²) in [7, 11) is 0.142. The third-order valence-electron chi connectivity index (χ3n) is 3.65. The fraction of sp³-hybridized carbons (Fsp3) is 0.111. The topological polar surface area (TPSA) is 0 Å². The quantitative estimate of drug-likeness (QED) is 0.688. The Morgan fingerprint density at radius 2 is 1.55 bits per heavy atom. The lowest BCUT2D eigenvalue weighted by Crippen LogP contribution is -2.34. The standard InChI is InChI=1S/C18H15S2/c1-2-8-14(9-3-1)20-17-12-6-4-10-15(17)19-16-11-5-7-13-18(16)20/h1-13,15,17H/q+1. The molecule has 0 saturated carbocycles. The van der Waals surface area contributed by atoms with Crippen LogP contribution in [0.5, 0.6) is 0 Å². The van der Waals surface area contributed by atoms with Crippen molar-refractivity contribution in [1.82, 2.24) is 0 Å². The fourth-order valence-corrected chi connectivity index (χ4v) is 7.13. The van der Waals surface area contributed by atoms with Crippen LogP contribution in [0, 0.1) is 0 Å². The summed E-state index contributed by atoms with van der Waals surface area (Å²) in [5.74, 6) is 0. The Balaban J connectivity index is 1.89. The van der Waals surface area contributed by atoms with Gasteiger partial charge in [0.1, 0.15) is 0 Å². The molecule has 98 valence electrons.